The largest absolute Gasteiger partial charge is 0.480 e. The summed E-state index contributed by atoms with van der Waals surface area (Å²) in [7, 11) is 0. The summed E-state index contributed by atoms with van der Waals surface area (Å²) < 4.78 is 5.37. The van der Waals surface area contributed by atoms with E-state index in [0.717, 1.165) is 26.1 Å². The molecule has 0 radical (unpaired) electrons. The van der Waals surface area contributed by atoms with Gasteiger partial charge in [-0.2, -0.15) is 0 Å². The predicted molar refractivity (Wildman–Crippen MR) is 62.5 cm³/mol. The fourth-order valence-electron chi connectivity index (χ4n) is 2.30. The molecule has 94 valence electrons. The van der Waals surface area contributed by atoms with Gasteiger partial charge in [0, 0.05) is 18.7 Å². The van der Waals surface area contributed by atoms with Crippen molar-refractivity contribution in [1.82, 2.24) is 4.90 Å². The number of hydrogen-bond donors (Lipinski definition) is 1. The van der Waals surface area contributed by atoms with Crippen molar-refractivity contribution >= 4 is 5.97 Å². The molecule has 1 heterocycles. The first-order valence-electron chi connectivity index (χ1n) is 6.11. The lowest BCUT2D eigenvalue weighted by Crippen LogP contribution is -2.46. The van der Waals surface area contributed by atoms with E-state index in [-0.39, 0.29) is 12.6 Å². The molecule has 0 saturated carbocycles. The van der Waals surface area contributed by atoms with Crippen molar-refractivity contribution in [2.45, 2.75) is 45.7 Å². The molecule has 0 spiro atoms. The van der Waals surface area contributed by atoms with Gasteiger partial charge in [0.05, 0.1) is 13.2 Å². The molecule has 1 fully saturated rings. The zero-order valence-electron chi connectivity index (χ0n) is 10.5. The van der Waals surface area contributed by atoms with E-state index >= 15 is 0 Å². The van der Waals surface area contributed by atoms with Gasteiger partial charge in [0.1, 0.15) is 0 Å². The van der Waals surface area contributed by atoms with Crippen molar-refractivity contribution in [2.75, 3.05) is 19.8 Å². The van der Waals surface area contributed by atoms with Gasteiger partial charge < -0.3 is 9.84 Å². The first-order valence-corrected chi connectivity index (χ1v) is 6.11. The second kappa shape index (κ2) is 6.21. The van der Waals surface area contributed by atoms with Crippen LogP contribution in [0.4, 0.5) is 0 Å². The second-order valence-corrected chi connectivity index (χ2v) is 4.69. The number of hydrogen-bond acceptors (Lipinski definition) is 3. The van der Waals surface area contributed by atoms with Crippen LogP contribution in [0, 0.1) is 5.92 Å². The molecule has 1 saturated heterocycles. The fraction of sp³-hybridized carbons (Fsp3) is 0.917. The highest BCUT2D eigenvalue weighted by atomic mass is 16.5. The Hall–Kier alpha value is -0.610. The maximum Gasteiger partial charge on any atom is 0.317 e. The van der Waals surface area contributed by atoms with Gasteiger partial charge in [-0.3, -0.25) is 9.69 Å². The topological polar surface area (TPSA) is 49.8 Å². The summed E-state index contributed by atoms with van der Waals surface area (Å²) in [5.74, 6) is -0.264. The minimum atomic E-state index is -0.744. The van der Waals surface area contributed by atoms with E-state index in [4.69, 9.17) is 9.84 Å². The van der Waals surface area contributed by atoms with Crippen LogP contribution in [-0.4, -0.2) is 47.8 Å². The van der Waals surface area contributed by atoms with Crippen molar-refractivity contribution in [3.05, 3.63) is 0 Å². The van der Waals surface area contributed by atoms with Crippen molar-refractivity contribution in [1.29, 1.82) is 0 Å². The number of carboxylic acid groups (broad SMARTS) is 1. The maximum atomic E-state index is 10.9. The molecule has 0 amide bonds. The summed E-state index contributed by atoms with van der Waals surface area (Å²) in [6.07, 6.45) is 2.03. The van der Waals surface area contributed by atoms with E-state index in [1.54, 1.807) is 0 Å². The second-order valence-electron chi connectivity index (χ2n) is 4.69. The number of ether oxygens (including phenoxy) is 1. The normalized spacial score (nSPS) is 24.6. The molecule has 1 rings (SSSR count). The molecule has 3 unspecified atom stereocenters. The Morgan fingerprint density at radius 1 is 1.56 bits per heavy atom. The Morgan fingerprint density at radius 2 is 2.25 bits per heavy atom. The summed E-state index contributed by atoms with van der Waals surface area (Å²) in [6.45, 7) is 8.03. The van der Waals surface area contributed by atoms with Crippen LogP contribution in [0.3, 0.4) is 0 Å². The van der Waals surface area contributed by atoms with Crippen LogP contribution in [0.25, 0.3) is 0 Å². The molecule has 0 bridgehead atoms. The molecule has 0 aromatic rings. The third-order valence-corrected chi connectivity index (χ3v) is 3.65. The molecule has 1 aliphatic rings. The SMILES string of the molecule is CCC(C)N(CC(=O)O)C(C)C1CCOC1. The number of aliphatic carboxylic acids is 1. The lowest BCUT2D eigenvalue weighted by molar-refractivity contribution is -0.140. The van der Waals surface area contributed by atoms with Crippen LogP contribution in [0.5, 0.6) is 0 Å². The van der Waals surface area contributed by atoms with Crippen LogP contribution in [0.1, 0.15) is 33.6 Å². The Labute approximate surface area is 97.6 Å². The van der Waals surface area contributed by atoms with Crippen molar-refractivity contribution in [3.63, 3.8) is 0 Å². The van der Waals surface area contributed by atoms with Gasteiger partial charge in [0.25, 0.3) is 0 Å². The highest BCUT2D eigenvalue weighted by molar-refractivity contribution is 5.69. The molecule has 0 aliphatic carbocycles. The Morgan fingerprint density at radius 3 is 2.69 bits per heavy atom. The average molecular weight is 229 g/mol. The quantitative estimate of drug-likeness (QED) is 0.751. The van der Waals surface area contributed by atoms with Crippen LogP contribution in [-0.2, 0) is 9.53 Å². The highest BCUT2D eigenvalue weighted by Crippen LogP contribution is 2.23. The first kappa shape index (κ1) is 13.5. The molecule has 3 atom stereocenters. The summed E-state index contributed by atoms with van der Waals surface area (Å²) in [5.41, 5.74) is 0. The van der Waals surface area contributed by atoms with Gasteiger partial charge in [-0.15, -0.1) is 0 Å². The van der Waals surface area contributed by atoms with Gasteiger partial charge in [-0.05, 0) is 32.6 Å². The standard InChI is InChI=1S/C12H23NO3/c1-4-9(2)13(7-12(14)15)10(3)11-5-6-16-8-11/h9-11H,4-8H2,1-3H3,(H,14,15). The van der Waals surface area contributed by atoms with Gasteiger partial charge in [-0.1, -0.05) is 6.92 Å². The van der Waals surface area contributed by atoms with Gasteiger partial charge in [0.2, 0.25) is 0 Å². The minimum absolute atomic E-state index is 0.132. The number of carbonyl (C=O) groups is 1. The minimum Gasteiger partial charge on any atom is -0.480 e. The maximum absolute atomic E-state index is 10.9. The average Bonchev–Trinajstić information content (AvgIpc) is 2.77. The van der Waals surface area contributed by atoms with E-state index in [1.165, 1.54) is 0 Å². The van der Waals surface area contributed by atoms with E-state index in [0.29, 0.717) is 12.0 Å². The summed E-state index contributed by atoms with van der Waals surface area (Å²) in [5, 5.41) is 8.95. The van der Waals surface area contributed by atoms with Crippen molar-refractivity contribution in [2.24, 2.45) is 5.92 Å². The fourth-order valence-corrected chi connectivity index (χ4v) is 2.30. The molecule has 0 aromatic carbocycles. The lowest BCUT2D eigenvalue weighted by Gasteiger charge is -2.35. The zero-order chi connectivity index (χ0) is 12.1. The highest BCUT2D eigenvalue weighted by Gasteiger charge is 2.30. The van der Waals surface area contributed by atoms with Crippen LogP contribution >= 0.6 is 0 Å². The van der Waals surface area contributed by atoms with Crippen LogP contribution in [0.2, 0.25) is 0 Å². The molecule has 4 nitrogen and oxygen atoms in total. The summed E-state index contributed by atoms with van der Waals surface area (Å²) in [6, 6.07) is 0.597. The van der Waals surface area contributed by atoms with E-state index in [2.05, 4.69) is 25.7 Å². The third kappa shape index (κ3) is 3.46. The number of carboxylic acids is 1. The zero-order valence-corrected chi connectivity index (χ0v) is 10.5. The Kier molecular flexibility index (Phi) is 5.22. The molecule has 1 aliphatic heterocycles. The van der Waals surface area contributed by atoms with E-state index < -0.39 is 5.97 Å². The smallest absolute Gasteiger partial charge is 0.317 e. The molecule has 0 aromatic heterocycles. The van der Waals surface area contributed by atoms with E-state index in [9.17, 15) is 4.79 Å². The molecular formula is C12H23NO3. The Balaban J connectivity index is 2.62. The first-order chi connectivity index (χ1) is 7.56. The number of nitrogens with zero attached hydrogens (tertiary/aromatic N) is 1. The summed E-state index contributed by atoms with van der Waals surface area (Å²) >= 11 is 0. The molecular weight excluding hydrogens is 206 g/mol. The molecule has 16 heavy (non-hydrogen) atoms. The Bertz CT molecular complexity index is 226. The number of rotatable bonds is 6. The molecule has 4 heteroatoms. The van der Waals surface area contributed by atoms with Gasteiger partial charge >= 0.3 is 5.97 Å². The lowest BCUT2D eigenvalue weighted by atomic mass is 9.97. The predicted octanol–water partition coefficient (Wildman–Crippen LogP) is 1.60. The van der Waals surface area contributed by atoms with Gasteiger partial charge in [-0.25, -0.2) is 0 Å². The van der Waals surface area contributed by atoms with Crippen LogP contribution < -0.4 is 0 Å². The van der Waals surface area contributed by atoms with Crippen molar-refractivity contribution < 1.29 is 14.6 Å². The van der Waals surface area contributed by atoms with Crippen molar-refractivity contribution in [3.8, 4) is 0 Å². The molecule has 1 N–H and O–H groups in total. The third-order valence-electron chi connectivity index (χ3n) is 3.65. The monoisotopic (exact) mass is 229 g/mol. The van der Waals surface area contributed by atoms with Gasteiger partial charge in [0.15, 0.2) is 0 Å². The summed E-state index contributed by atoms with van der Waals surface area (Å²) in [4.78, 5) is 13.0. The van der Waals surface area contributed by atoms with Crippen LogP contribution in [0.15, 0.2) is 0 Å². The van der Waals surface area contributed by atoms with E-state index in [1.807, 2.05) is 0 Å².